The molecule has 1 aromatic heterocycles. The van der Waals surface area contributed by atoms with E-state index in [0.717, 1.165) is 54.6 Å². The molecule has 2 aliphatic carbocycles. The topological polar surface area (TPSA) is 30.0 Å². The average Bonchev–Trinajstić information content (AvgIpc) is 3.78. The van der Waals surface area contributed by atoms with Crippen molar-refractivity contribution in [2.75, 3.05) is 0 Å². The van der Waals surface area contributed by atoms with E-state index >= 15 is 4.57 Å². The van der Waals surface area contributed by atoms with Gasteiger partial charge in [0, 0.05) is 32.2 Å². The van der Waals surface area contributed by atoms with E-state index in [1.807, 2.05) is 72.8 Å². The lowest BCUT2D eigenvalue weighted by atomic mass is 9.70. The molecule has 9 aromatic carbocycles. The van der Waals surface area contributed by atoms with Crippen LogP contribution in [-0.2, 0) is 9.98 Å². The van der Waals surface area contributed by atoms with Gasteiger partial charge in [0.2, 0.25) is 0 Å². The normalized spacial score (nSPS) is 13.3. The number of nitrogens with zero attached hydrogens (tertiary/aromatic N) is 1. The minimum atomic E-state index is -3.12. The zero-order valence-corrected chi connectivity index (χ0v) is 33.0. The van der Waals surface area contributed by atoms with Crippen LogP contribution in [0.4, 0.5) is 0 Å². The predicted octanol–water partition coefficient (Wildman–Crippen LogP) is 12.7. The number of hydrogen-bond donors (Lipinski definition) is 0. The van der Waals surface area contributed by atoms with Crippen LogP contribution in [0.15, 0.2) is 218 Å². The van der Waals surface area contributed by atoms with Crippen LogP contribution in [0, 0.1) is 0 Å². The van der Waals surface area contributed by atoms with Crippen LogP contribution in [0.5, 0.6) is 0 Å². The van der Waals surface area contributed by atoms with Crippen molar-refractivity contribution in [3.63, 3.8) is 0 Å². The fourth-order valence-corrected chi connectivity index (χ4v) is 12.9. The van der Waals surface area contributed by atoms with Crippen molar-refractivity contribution in [3.05, 3.63) is 241 Å². The first-order valence-corrected chi connectivity index (χ1v) is 21.9. The molecule has 276 valence electrons. The summed E-state index contributed by atoms with van der Waals surface area (Å²) >= 11 is 0. The highest BCUT2D eigenvalue weighted by atomic mass is 31.2. The zero-order valence-electron chi connectivity index (χ0n) is 32.1. The monoisotopic (exact) mass is 769 g/mol. The molecule has 3 heteroatoms. The molecule has 10 aromatic rings. The van der Waals surface area contributed by atoms with Crippen molar-refractivity contribution < 1.29 is 4.57 Å². The van der Waals surface area contributed by atoms with E-state index in [4.69, 9.17) is 4.98 Å². The molecule has 1 spiro atoms. The number of aromatic nitrogens is 1. The van der Waals surface area contributed by atoms with Crippen LogP contribution in [0.25, 0.3) is 66.3 Å². The predicted molar refractivity (Wildman–Crippen MR) is 246 cm³/mol. The van der Waals surface area contributed by atoms with Crippen molar-refractivity contribution >= 4 is 44.7 Å². The zero-order chi connectivity index (χ0) is 39.1. The van der Waals surface area contributed by atoms with Gasteiger partial charge in [0.1, 0.15) is 0 Å². The highest BCUT2D eigenvalue weighted by Gasteiger charge is 2.51. The molecule has 12 rings (SSSR count). The summed E-state index contributed by atoms with van der Waals surface area (Å²) in [6.07, 6.45) is 0. The molecule has 0 N–H and O–H groups in total. The van der Waals surface area contributed by atoms with Gasteiger partial charge in [-0.05, 0) is 85.3 Å². The first-order chi connectivity index (χ1) is 29.1. The van der Waals surface area contributed by atoms with E-state index in [9.17, 15) is 0 Å². The number of fused-ring (bicyclic) bond motifs is 13. The largest absolute Gasteiger partial charge is 0.309 e. The number of benzene rings is 9. The molecule has 0 aliphatic heterocycles. The van der Waals surface area contributed by atoms with Crippen molar-refractivity contribution in [1.29, 1.82) is 0 Å². The second-order valence-electron chi connectivity index (χ2n) is 15.7. The first kappa shape index (κ1) is 34.0. The summed E-state index contributed by atoms with van der Waals surface area (Å²) in [6.45, 7) is 0. The summed E-state index contributed by atoms with van der Waals surface area (Å²) in [5.41, 5.74) is 15.1. The van der Waals surface area contributed by atoms with Crippen LogP contribution < -0.4 is 15.9 Å². The van der Waals surface area contributed by atoms with E-state index < -0.39 is 12.6 Å². The first-order valence-electron chi connectivity index (χ1n) is 20.2. The average molecular weight is 770 g/mol. The van der Waals surface area contributed by atoms with Gasteiger partial charge < -0.3 is 4.57 Å². The summed E-state index contributed by atoms with van der Waals surface area (Å²) in [5, 5.41) is 5.96. The van der Waals surface area contributed by atoms with E-state index in [2.05, 4.69) is 146 Å². The molecule has 59 heavy (non-hydrogen) atoms. The second-order valence-corrected chi connectivity index (χ2v) is 18.5. The van der Waals surface area contributed by atoms with Crippen LogP contribution in [0.2, 0.25) is 0 Å². The standard InChI is InChI=1S/C56H36NOP/c58-59(40-17-3-1-4-18-40,41-19-5-2-6-20-41)42-21-15-16-39(34-42)37-30-32-38(33-31-37)55-49-35-48-45-24-9-13-28-52(45)56(53(48)36-47(49)46-25-10-14-29-54(46)57-55)50-26-11-7-22-43(50)44-23-8-12-27-51(44)56/h1-36H. The summed E-state index contributed by atoms with van der Waals surface area (Å²) in [6, 6.07) is 77.1. The van der Waals surface area contributed by atoms with Crippen molar-refractivity contribution in [2.24, 2.45) is 0 Å². The van der Waals surface area contributed by atoms with E-state index in [1.54, 1.807) is 0 Å². The summed E-state index contributed by atoms with van der Waals surface area (Å²) in [7, 11) is -3.12. The van der Waals surface area contributed by atoms with E-state index in [-0.39, 0.29) is 0 Å². The SMILES string of the molecule is O=P(c1ccccc1)(c1ccccc1)c1cccc(-c2ccc(-c3nc4ccccc4c4cc5c(cc34)-c3ccccc3C53c4ccccc4-c4ccccc43)cc2)c1. The minimum absolute atomic E-state index is 0.418. The maximum absolute atomic E-state index is 15.2. The molecule has 0 amide bonds. The molecule has 1 heterocycles. The van der Waals surface area contributed by atoms with Gasteiger partial charge in [0.25, 0.3) is 0 Å². The highest BCUT2D eigenvalue weighted by molar-refractivity contribution is 7.85. The van der Waals surface area contributed by atoms with Crippen LogP contribution >= 0.6 is 7.14 Å². The Morgan fingerprint density at radius 3 is 1.47 bits per heavy atom. The van der Waals surface area contributed by atoms with Gasteiger partial charge in [-0.25, -0.2) is 4.98 Å². The Kier molecular flexibility index (Phi) is 7.45. The van der Waals surface area contributed by atoms with E-state index in [0.29, 0.717) is 0 Å². The van der Waals surface area contributed by atoms with E-state index in [1.165, 1.54) is 49.9 Å². The summed E-state index contributed by atoms with van der Waals surface area (Å²) in [4.78, 5) is 5.40. The minimum Gasteiger partial charge on any atom is -0.309 e. The van der Waals surface area contributed by atoms with Crippen LogP contribution in [0.1, 0.15) is 22.3 Å². The fraction of sp³-hybridized carbons (Fsp3) is 0.0179. The lowest BCUT2D eigenvalue weighted by molar-refractivity contribution is 0.592. The van der Waals surface area contributed by atoms with Gasteiger partial charge in [-0.1, -0.05) is 194 Å². The van der Waals surface area contributed by atoms with Gasteiger partial charge >= 0.3 is 0 Å². The Bertz CT molecular complexity index is 3260. The second kappa shape index (κ2) is 12.9. The molecule has 0 saturated heterocycles. The Hall–Kier alpha value is -7.12. The number of para-hydroxylation sites is 1. The molecular formula is C56H36NOP. The molecular weight excluding hydrogens is 734 g/mol. The molecule has 0 atom stereocenters. The summed E-state index contributed by atoms with van der Waals surface area (Å²) < 4.78 is 15.2. The number of pyridine rings is 1. The van der Waals surface area contributed by atoms with Crippen molar-refractivity contribution in [1.82, 2.24) is 4.98 Å². The summed E-state index contributed by atoms with van der Waals surface area (Å²) in [5.74, 6) is 0. The van der Waals surface area contributed by atoms with Crippen molar-refractivity contribution in [3.8, 4) is 44.6 Å². The maximum Gasteiger partial charge on any atom is 0.171 e. The molecule has 0 bridgehead atoms. The van der Waals surface area contributed by atoms with Gasteiger partial charge in [0.15, 0.2) is 7.14 Å². The number of rotatable bonds is 5. The Morgan fingerprint density at radius 1 is 0.339 bits per heavy atom. The Morgan fingerprint density at radius 2 is 0.847 bits per heavy atom. The molecule has 2 nitrogen and oxygen atoms in total. The van der Waals surface area contributed by atoms with Crippen LogP contribution in [-0.4, -0.2) is 4.98 Å². The molecule has 2 aliphatic rings. The van der Waals surface area contributed by atoms with Gasteiger partial charge in [0.05, 0.1) is 16.6 Å². The Labute approximate surface area is 343 Å². The fourth-order valence-electron chi connectivity index (χ4n) is 10.2. The quantitative estimate of drug-likeness (QED) is 0.129. The highest BCUT2D eigenvalue weighted by Crippen LogP contribution is 2.63. The number of hydrogen-bond acceptors (Lipinski definition) is 2. The third-order valence-corrected chi connectivity index (χ3v) is 15.8. The molecule has 0 fully saturated rings. The molecule has 0 radical (unpaired) electrons. The third-order valence-electron chi connectivity index (χ3n) is 12.8. The smallest absolute Gasteiger partial charge is 0.171 e. The maximum atomic E-state index is 15.2. The van der Waals surface area contributed by atoms with Gasteiger partial charge in [-0.15, -0.1) is 0 Å². The van der Waals surface area contributed by atoms with Crippen molar-refractivity contribution in [2.45, 2.75) is 5.41 Å². The Balaban J connectivity index is 1.03. The third kappa shape index (κ3) is 4.82. The van der Waals surface area contributed by atoms with Gasteiger partial charge in [-0.3, -0.25) is 0 Å². The lowest BCUT2D eigenvalue weighted by Gasteiger charge is -2.30. The van der Waals surface area contributed by atoms with Crippen LogP contribution in [0.3, 0.4) is 0 Å². The molecule has 0 unspecified atom stereocenters. The van der Waals surface area contributed by atoms with Gasteiger partial charge in [-0.2, -0.15) is 0 Å². The molecule has 0 saturated carbocycles. The lowest BCUT2D eigenvalue weighted by Crippen LogP contribution is -2.25.